The van der Waals surface area contributed by atoms with Crippen LogP contribution in [-0.4, -0.2) is 27.9 Å². The summed E-state index contributed by atoms with van der Waals surface area (Å²) in [5, 5.41) is 23.7. The van der Waals surface area contributed by atoms with Gasteiger partial charge in [0.15, 0.2) is 0 Å². The van der Waals surface area contributed by atoms with E-state index in [2.05, 4.69) is 20.4 Å². The first-order valence-corrected chi connectivity index (χ1v) is 5.47. The Balaban J connectivity index is 3.00. The third-order valence-corrected chi connectivity index (χ3v) is 2.15. The number of H-pyrrole nitrogens is 1. The number of aliphatic hydroxyl groups is 1. The van der Waals surface area contributed by atoms with Gasteiger partial charge in [-0.1, -0.05) is 0 Å². The van der Waals surface area contributed by atoms with Gasteiger partial charge in [0.25, 0.3) is 0 Å². The highest BCUT2D eigenvalue weighted by Crippen LogP contribution is 2.22. The number of rotatable bonds is 4. The van der Waals surface area contributed by atoms with E-state index in [9.17, 15) is 9.90 Å². The van der Waals surface area contributed by atoms with Gasteiger partial charge in [-0.2, -0.15) is 5.10 Å². The molecule has 98 valence electrons. The van der Waals surface area contributed by atoms with Crippen LogP contribution in [0.25, 0.3) is 0 Å². The van der Waals surface area contributed by atoms with Crippen LogP contribution in [0, 0.1) is 13.8 Å². The second kappa shape index (κ2) is 5.95. The fourth-order valence-corrected chi connectivity index (χ4v) is 1.25. The van der Waals surface area contributed by atoms with E-state index in [-0.39, 0.29) is 18.1 Å². The minimum atomic E-state index is -0.708. The Morgan fingerprint density at radius 3 is 2.61 bits per heavy atom. The number of hydrogen-bond donors (Lipinski definition) is 2. The minimum Gasteiger partial charge on any atom is -0.510 e. The first kappa shape index (κ1) is 13.9. The van der Waals surface area contributed by atoms with Crippen LogP contribution in [0.5, 0.6) is 0 Å². The normalized spacial score (nSPS) is 12.7. The molecule has 7 heteroatoms. The lowest BCUT2D eigenvalue weighted by Crippen LogP contribution is -2.07. The van der Waals surface area contributed by atoms with E-state index in [1.54, 1.807) is 20.8 Å². The molecule has 0 amide bonds. The van der Waals surface area contributed by atoms with E-state index in [4.69, 9.17) is 4.74 Å². The number of aliphatic hydroxyl groups excluding tert-OH is 1. The van der Waals surface area contributed by atoms with Crippen LogP contribution in [-0.2, 0) is 9.53 Å². The average Bonchev–Trinajstić information content (AvgIpc) is 2.60. The molecule has 0 radical (unpaired) electrons. The molecule has 0 spiro atoms. The van der Waals surface area contributed by atoms with Crippen molar-refractivity contribution in [3.8, 4) is 0 Å². The van der Waals surface area contributed by atoms with E-state index in [1.165, 1.54) is 6.92 Å². The van der Waals surface area contributed by atoms with E-state index < -0.39 is 5.97 Å². The molecule has 0 saturated carbocycles. The SMILES string of the molecule is CCOC(=O)/C(N=Nc1c(C)n[nH]c1C)=C(/C)O. The predicted molar refractivity (Wildman–Crippen MR) is 64.5 cm³/mol. The molecule has 1 heterocycles. The molecule has 1 rings (SSSR count). The van der Waals surface area contributed by atoms with Gasteiger partial charge in [-0.25, -0.2) is 4.79 Å². The van der Waals surface area contributed by atoms with Crippen LogP contribution >= 0.6 is 0 Å². The van der Waals surface area contributed by atoms with Gasteiger partial charge in [0, 0.05) is 0 Å². The lowest BCUT2D eigenvalue weighted by Gasteiger charge is -2.01. The van der Waals surface area contributed by atoms with Crippen molar-refractivity contribution in [1.82, 2.24) is 10.2 Å². The zero-order valence-corrected chi connectivity index (χ0v) is 10.8. The Kier molecular flexibility index (Phi) is 4.59. The second-order valence-corrected chi connectivity index (χ2v) is 3.64. The number of esters is 1. The molecule has 0 bridgehead atoms. The Morgan fingerprint density at radius 1 is 1.50 bits per heavy atom. The molecule has 0 aliphatic heterocycles. The maximum atomic E-state index is 11.5. The van der Waals surface area contributed by atoms with Gasteiger partial charge in [0.2, 0.25) is 5.70 Å². The summed E-state index contributed by atoms with van der Waals surface area (Å²) in [5.41, 5.74) is 1.72. The number of nitrogens with one attached hydrogen (secondary N) is 1. The zero-order chi connectivity index (χ0) is 13.7. The number of allylic oxidation sites excluding steroid dienone is 1. The maximum Gasteiger partial charge on any atom is 0.362 e. The number of aryl methyl sites for hydroxylation is 2. The second-order valence-electron chi connectivity index (χ2n) is 3.64. The molecular weight excluding hydrogens is 236 g/mol. The number of aromatic nitrogens is 2. The highest BCUT2D eigenvalue weighted by molar-refractivity contribution is 5.88. The van der Waals surface area contributed by atoms with Gasteiger partial charge in [-0.05, 0) is 27.7 Å². The molecule has 1 aromatic heterocycles. The molecule has 18 heavy (non-hydrogen) atoms. The monoisotopic (exact) mass is 252 g/mol. The van der Waals surface area contributed by atoms with Crippen LogP contribution in [0.15, 0.2) is 21.7 Å². The van der Waals surface area contributed by atoms with E-state index in [0.717, 1.165) is 5.69 Å². The van der Waals surface area contributed by atoms with Crippen molar-refractivity contribution in [3.05, 3.63) is 22.8 Å². The number of nitrogens with zero attached hydrogens (tertiary/aromatic N) is 3. The quantitative estimate of drug-likeness (QED) is 0.372. The van der Waals surface area contributed by atoms with Gasteiger partial charge in [0.1, 0.15) is 11.4 Å². The summed E-state index contributed by atoms with van der Waals surface area (Å²) >= 11 is 0. The van der Waals surface area contributed by atoms with Gasteiger partial charge < -0.3 is 9.84 Å². The molecule has 0 aromatic carbocycles. The summed E-state index contributed by atoms with van der Waals surface area (Å²) < 4.78 is 4.76. The van der Waals surface area contributed by atoms with Crippen molar-refractivity contribution in [2.45, 2.75) is 27.7 Å². The van der Waals surface area contributed by atoms with Crippen LogP contribution in [0.1, 0.15) is 25.2 Å². The van der Waals surface area contributed by atoms with Crippen molar-refractivity contribution >= 4 is 11.7 Å². The molecule has 0 aliphatic carbocycles. The minimum absolute atomic E-state index is 0.203. The summed E-state index contributed by atoms with van der Waals surface area (Å²) in [6.45, 7) is 6.77. The van der Waals surface area contributed by atoms with E-state index >= 15 is 0 Å². The third-order valence-electron chi connectivity index (χ3n) is 2.15. The van der Waals surface area contributed by atoms with Crippen molar-refractivity contribution in [2.24, 2.45) is 10.2 Å². The van der Waals surface area contributed by atoms with Crippen molar-refractivity contribution in [2.75, 3.05) is 6.61 Å². The molecule has 7 nitrogen and oxygen atoms in total. The summed E-state index contributed by atoms with van der Waals surface area (Å²) in [4.78, 5) is 11.5. The van der Waals surface area contributed by atoms with Crippen LogP contribution in [0.3, 0.4) is 0 Å². The van der Waals surface area contributed by atoms with Crippen molar-refractivity contribution in [3.63, 3.8) is 0 Å². The summed E-state index contributed by atoms with van der Waals surface area (Å²) in [5.74, 6) is -0.948. The molecule has 0 saturated heterocycles. The zero-order valence-electron chi connectivity index (χ0n) is 10.8. The topological polar surface area (TPSA) is 99.9 Å². The van der Waals surface area contributed by atoms with Crippen LogP contribution < -0.4 is 0 Å². The average molecular weight is 252 g/mol. The summed E-state index contributed by atoms with van der Waals surface area (Å²) in [6.07, 6.45) is 0. The molecule has 0 atom stereocenters. The van der Waals surface area contributed by atoms with Gasteiger partial charge in [0.05, 0.1) is 18.0 Å². The predicted octanol–water partition coefficient (Wildman–Crippen LogP) is 2.46. The van der Waals surface area contributed by atoms with Crippen molar-refractivity contribution < 1.29 is 14.6 Å². The number of azo groups is 1. The van der Waals surface area contributed by atoms with Gasteiger partial charge in [-0.15, -0.1) is 10.2 Å². The fraction of sp³-hybridized carbons (Fsp3) is 0.455. The number of aromatic amines is 1. The van der Waals surface area contributed by atoms with Gasteiger partial charge >= 0.3 is 5.97 Å². The van der Waals surface area contributed by atoms with E-state index in [0.29, 0.717) is 11.4 Å². The molecule has 1 aromatic rings. The third kappa shape index (κ3) is 3.16. The van der Waals surface area contributed by atoms with Crippen molar-refractivity contribution in [1.29, 1.82) is 0 Å². The van der Waals surface area contributed by atoms with Gasteiger partial charge in [-0.3, -0.25) is 5.10 Å². The molecule has 0 unspecified atom stereocenters. The number of carbonyl (C=O) groups excluding carboxylic acids is 1. The standard InChI is InChI=1S/C11H16N4O3/c1-5-18-11(17)10(8(4)16)15-14-9-6(2)12-13-7(9)3/h16H,5H2,1-4H3,(H,12,13)/b10-8+,15-14?. The molecule has 2 N–H and O–H groups in total. The number of ether oxygens (including phenoxy) is 1. The lowest BCUT2D eigenvalue weighted by atomic mass is 10.3. The highest BCUT2D eigenvalue weighted by Gasteiger charge is 2.14. The first-order chi connectivity index (χ1) is 8.47. The molecular formula is C11H16N4O3. The maximum absolute atomic E-state index is 11.5. The molecule has 0 fully saturated rings. The summed E-state index contributed by atoms with van der Waals surface area (Å²) in [6, 6.07) is 0. The fourth-order valence-electron chi connectivity index (χ4n) is 1.25. The largest absolute Gasteiger partial charge is 0.510 e. The Hall–Kier alpha value is -2.18. The van der Waals surface area contributed by atoms with E-state index in [1.807, 2.05) is 0 Å². The Bertz CT molecular complexity index is 479. The van der Waals surface area contributed by atoms with Crippen LogP contribution in [0.2, 0.25) is 0 Å². The highest BCUT2D eigenvalue weighted by atomic mass is 16.5. The Morgan fingerprint density at radius 2 is 2.17 bits per heavy atom. The number of hydrogen-bond acceptors (Lipinski definition) is 6. The Labute approximate surface area is 105 Å². The van der Waals surface area contributed by atoms with Crippen LogP contribution in [0.4, 0.5) is 5.69 Å². The molecule has 0 aliphatic rings. The smallest absolute Gasteiger partial charge is 0.362 e. The first-order valence-electron chi connectivity index (χ1n) is 5.47. The summed E-state index contributed by atoms with van der Waals surface area (Å²) in [7, 11) is 0. The number of carbonyl (C=O) groups is 1. The lowest BCUT2D eigenvalue weighted by molar-refractivity contribution is -0.138.